The van der Waals surface area contributed by atoms with E-state index in [0.29, 0.717) is 16.5 Å². The summed E-state index contributed by atoms with van der Waals surface area (Å²) in [4.78, 5) is 12.5. The molecule has 0 atom stereocenters. The number of para-hydroxylation sites is 2. The van der Waals surface area contributed by atoms with Crippen molar-refractivity contribution in [3.8, 4) is 0 Å². The van der Waals surface area contributed by atoms with Crippen LogP contribution in [0, 0.1) is 0 Å². The second-order valence-electron chi connectivity index (χ2n) is 4.69. The Morgan fingerprint density at radius 1 is 1.20 bits per heavy atom. The molecule has 0 spiro atoms. The number of hydrogen-bond acceptors (Lipinski definition) is 5. The van der Waals surface area contributed by atoms with E-state index in [9.17, 15) is 5.11 Å². The van der Waals surface area contributed by atoms with Crippen LogP contribution in [0.25, 0.3) is 0 Å². The van der Waals surface area contributed by atoms with E-state index < -0.39 is 0 Å². The van der Waals surface area contributed by atoms with Gasteiger partial charge < -0.3 is 14.9 Å². The first-order valence-corrected chi connectivity index (χ1v) is 6.78. The average molecular weight is 291 g/mol. The number of aromatic nitrogens is 2. The van der Waals surface area contributed by atoms with E-state index in [-0.39, 0.29) is 6.61 Å². The van der Waals surface area contributed by atoms with Gasteiger partial charge >= 0.3 is 0 Å². The Morgan fingerprint density at radius 3 is 2.70 bits per heavy atom. The second kappa shape index (κ2) is 5.26. The quantitative estimate of drug-likeness (QED) is 0.860. The first-order chi connectivity index (χ1) is 9.72. The largest absolute Gasteiger partial charge is 0.391 e. The zero-order valence-corrected chi connectivity index (χ0v) is 11.9. The standard InChI is InChI=1S/C14H15ClN4O/c1-18-6-7-19(12-5-3-2-4-11(12)18)14-10(8-20)13(15)16-9-17-14/h2-5,9,20H,6-8H2,1H3. The number of aliphatic hydroxyl groups excluding tert-OH is 1. The third-order valence-corrected chi connectivity index (χ3v) is 3.85. The molecule has 2 heterocycles. The van der Waals surface area contributed by atoms with Crippen molar-refractivity contribution in [2.24, 2.45) is 0 Å². The van der Waals surface area contributed by atoms with E-state index in [1.807, 2.05) is 18.2 Å². The minimum absolute atomic E-state index is 0.177. The Kier molecular flexibility index (Phi) is 3.46. The molecule has 2 aromatic rings. The molecule has 0 saturated heterocycles. The van der Waals surface area contributed by atoms with Crippen LogP contribution in [0.2, 0.25) is 5.15 Å². The molecule has 104 valence electrons. The minimum Gasteiger partial charge on any atom is -0.391 e. The van der Waals surface area contributed by atoms with E-state index in [0.717, 1.165) is 24.5 Å². The number of fused-ring (bicyclic) bond motifs is 1. The van der Waals surface area contributed by atoms with E-state index in [1.54, 1.807) is 0 Å². The highest BCUT2D eigenvalue weighted by molar-refractivity contribution is 6.30. The van der Waals surface area contributed by atoms with Crippen LogP contribution < -0.4 is 9.80 Å². The number of rotatable bonds is 2. The SMILES string of the molecule is CN1CCN(c2ncnc(Cl)c2CO)c2ccccc21. The van der Waals surface area contributed by atoms with Crippen molar-refractivity contribution < 1.29 is 5.11 Å². The van der Waals surface area contributed by atoms with E-state index >= 15 is 0 Å². The highest BCUT2D eigenvalue weighted by atomic mass is 35.5. The number of anilines is 3. The molecule has 5 nitrogen and oxygen atoms in total. The number of likely N-dealkylation sites (N-methyl/N-ethyl adjacent to an activating group) is 1. The fraction of sp³-hybridized carbons (Fsp3) is 0.286. The molecule has 0 fully saturated rings. The molecule has 0 amide bonds. The summed E-state index contributed by atoms with van der Waals surface area (Å²) in [6, 6.07) is 8.12. The number of aliphatic hydroxyl groups is 1. The summed E-state index contributed by atoms with van der Waals surface area (Å²) in [5, 5.41) is 9.83. The summed E-state index contributed by atoms with van der Waals surface area (Å²) in [5.74, 6) is 0.674. The van der Waals surface area contributed by atoms with E-state index in [4.69, 9.17) is 11.6 Å². The lowest BCUT2D eigenvalue weighted by atomic mass is 10.1. The van der Waals surface area contributed by atoms with Gasteiger partial charge in [-0.3, -0.25) is 0 Å². The van der Waals surface area contributed by atoms with Crippen LogP contribution in [0.5, 0.6) is 0 Å². The summed E-state index contributed by atoms with van der Waals surface area (Å²) in [6.45, 7) is 1.49. The topological polar surface area (TPSA) is 52.5 Å². The predicted octanol–water partition coefficient (Wildman–Crippen LogP) is 2.21. The van der Waals surface area contributed by atoms with Gasteiger partial charge in [-0.15, -0.1) is 0 Å². The molecule has 1 aliphatic rings. The summed E-state index contributed by atoms with van der Waals surface area (Å²) < 4.78 is 0. The van der Waals surface area contributed by atoms with Crippen molar-refractivity contribution in [2.75, 3.05) is 29.9 Å². The van der Waals surface area contributed by atoms with E-state index in [1.165, 1.54) is 6.33 Å². The lowest BCUT2D eigenvalue weighted by Crippen LogP contribution is -2.37. The highest BCUT2D eigenvalue weighted by Gasteiger charge is 2.24. The van der Waals surface area contributed by atoms with Gasteiger partial charge in [-0.2, -0.15) is 0 Å². The zero-order valence-electron chi connectivity index (χ0n) is 11.1. The van der Waals surface area contributed by atoms with Crippen molar-refractivity contribution in [2.45, 2.75) is 6.61 Å². The maximum absolute atomic E-state index is 9.53. The maximum atomic E-state index is 9.53. The fourth-order valence-electron chi connectivity index (χ4n) is 2.48. The van der Waals surface area contributed by atoms with Gasteiger partial charge in [0, 0.05) is 20.1 Å². The monoisotopic (exact) mass is 290 g/mol. The summed E-state index contributed by atoms with van der Waals surface area (Å²) in [6.07, 6.45) is 1.43. The van der Waals surface area contributed by atoms with Gasteiger partial charge in [0.05, 0.1) is 23.5 Å². The van der Waals surface area contributed by atoms with Gasteiger partial charge in [0.2, 0.25) is 0 Å². The first-order valence-electron chi connectivity index (χ1n) is 6.40. The third kappa shape index (κ3) is 2.09. The molecule has 3 rings (SSSR count). The van der Waals surface area contributed by atoms with Gasteiger partial charge in [-0.25, -0.2) is 9.97 Å². The van der Waals surface area contributed by atoms with Gasteiger partial charge in [0.1, 0.15) is 17.3 Å². The fourth-order valence-corrected chi connectivity index (χ4v) is 2.66. The van der Waals surface area contributed by atoms with Crippen LogP contribution in [0.15, 0.2) is 30.6 Å². The molecule has 20 heavy (non-hydrogen) atoms. The average Bonchev–Trinajstić information content (AvgIpc) is 2.48. The molecular weight excluding hydrogens is 276 g/mol. The molecule has 0 bridgehead atoms. The van der Waals surface area contributed by atoms with Crippen LogP contribution in [-0.4, -0.2) is 35.2 Å². The molecule has 0 radical (unpaired) electrons. The van der Waals surface area contributed by atoms with Gasteiger partial charge in [0.15, 0.2) is 0 Å². The van der Waals surface area contributed by atoms with Crippen LogP contribution in [-0.2, 0) is 6.61 Å². The normalized spacial score (nSPS) is 14.3. The van der Waals surface area contributed by atoms with Crippen LogP contribution in [0.4, 0.5) is 17.2 Å². The highest BCUT2D eigenvalue weighted by Crippen LogP contribution is 2.38. The third-order valence-electron chi connectivity index (χ3n) is 3.53. The molecule has 1 aromatic heterocycles. The van der Waals surface area contributed by atoms with Gasteiger partial charge in [0.25, 0.3) is 0 Å². The molecular formula is C14H15ClN4O. The van der Waals surface area contributed by atoms with Crippen molar-refractivity contribution in [3.05, 3.63) is 41.3 Å². The maximum Gasteiger partial charge on any atom is 0.143 e. The Balaban J connectivity index is 2.13. The van der Waals surface area contributed by atoms with Crippen LogP contribution in [0.1, 0.15) is 5.56 Å². The number of halogens is 1. The van der Waals surface area contributed by atoms with Crippen molar-refractivity contribution >= 4 is 28.8 Å². The van der Waals surface area contributed by atoms with E-state index in [2.05, 4.69) is 32.9 Å². The summed E-state index contributed by atoms with van der Waals surface area (Å²) >= 11 is 6.06. The number of benzene rings is 1. The lowest BCUT2D eigenvalue weighted by molar-refractivity contribution is 0.281. The zero-order chi connectivity index (χ0) is 14.1. The molecule has 0 unspecified atom stereocenters. The summed E-state index contributed by atoms with van der Waals surface area (Å²) in [5.41, 5.74) is 2.76. The Bertz CT molecular complexity index is 634. The minimum atomic E-state index is -0.177. The van der Waals surface area contributed by atoms with Crippen molar-refractivity contribution in [1.29, 1.82) is 0 Å². The molecule has 1 N–H and O–H groups in total. The number of nitrogens with zero attached hydrogens (tertiary/aromatic N) is 4. The Labute approximate surface area is 122 Å². The molecule has 0 saturated carbocycles. The molecule has 6 heteroatoms. The number of hydrogen-bond donors (Lipinski definition) is 1. The second-order valence-corrected chi connectivity index (χ2v) is 5.04. The molecule has 1 aliphatic heterocycles. The predicted molar refractivity (Wildman–Crippen MR) is 79.7 cm³/mol. The Morgan fingerprint density at radius 2 is 1.95 bits per heavy atom. The van der Waals surface area contributed by atoms with Crippen molar-refractivity contribution in [1.82, 2.24) is 9.97 Å². The van der Waals surface area contributed by atoms with Crippen LogP contribution in [0.3, 0.4) is 0 Å². The van der Waals surface area contributed by atoms with Crippen LogP contribution >= 0.6 is 11.6 Å². The Hall–Kier alpha value is -1.85. The van der Waals surface area contributed by atoms with Gasteiger partial charge in [-0.1, -0.05) is 23.7 Å². The smallest absolute Gasteiger partial charge is 0.143 e. The van der Waals surface area contributed by atoms with Gasteiger partial charge in [-0.05, 0) is 12.1 Å². The molecule has 0 aliphatic carbocycles. The summed E-state index contributed by atoms with van der Waals surface area (Å²) in [7, 11) is 2.07. The first kappa shape index (κ1) is 13.1. The van der Waals surface area contributed by atoms with Crippen molar-refractivity contribution in [3.63, 3.8) is 0 Å². The molecule has 1 aromatic carbocycles. The lowest BCUT2D eigenvalue weighted by Gasteiger charge is -2.36.